The molecule has 0 aliphatic carbocycles. The van der Waals surface area contributed by atoms with Gasteiger partial charge in [0, 0.05) is 6.54 Å². The maximum atomic E-state index is 12.2. The Morgan fingerprint density at radius 1 is 1.54 bits per heavy atom. The van der Waals surface area contributed by atoms with Crippen molar-refractivity contribution in [2.75, 3.05) is 13.7 Å². The smallest absolute Gasteiger partial charge is 0.460 e. The highest BCUT2D eigenvalue weighted by Gasteiger charge is 2.47. The van der Waals surface area contributed by atoms with Gasteiger partial charge in [-0.1, -0.05) is 0 Å². The lowest BCUT2D eigenvalue weighted by Crippen LogP contribution is -2.45. The lowest BCUT2D eigenvalue weighted by Gasteiger charge is -2.24. The van der Waals surface area contributed by atoms with E-state index in [1.165, 1.54) is 0 Å². The summed E-state index contributed by atoms with van der Waals surface area (Å²) in [5.41, 5.74) is 0. The first kappa shape index (κ1) is 10.3. The van der Waals surface area contributed by atoms with Crippen molar-refractivity contribution in [3.63, 3.8) is 0 Å². The van der Waals surface area contributed by atoms with Crippen LogP contribution >= 0.6 is 0 Å². The Kier molecular flexibility index (Phi) is 2.80. The van der Waals surface area contributed by atoms with E-state index in [9.17, 15) is 18.0 Å². The fourth-order valence-corrected chi connectivity index (χ4v) is 1.45. The van der Waals surface area contributed by atoms with Gasteiger partial charge in [0.15, 0.2) is 0 Å². The van der Waals surface area contributed by atoms with Crippen LogP contribution in [0.5, 0.6) is 0 Å². The fraction of sp³-hybridized carbons (Fsp3) is 0.857. The van der Waals surface area contributed by atoms with Crippen molar-refractivity contribution >= 4 is 5.97 Å². The zero-order valence-corrected chi connectivity index (χ0v) is 7.10. The molecule has 1 rings (SSSR count). The molecule has 0 spiro atoms. The molecule has 1 saturated heterocycles. The molecule has 13 heavy (non-hydrogen) atoms. The normalized spacial score (nSPS) is 24.8. The summed E-state index contributed by atoms with van der Waals surface area (Å²) in [5.74, 6) is -0.810. The molecule has 76 valence electrons. The van der Waals surface area contributed by atoms with E-state index in [0.717, 1.165) is 7.11 Å². The summed E-state index contributed by atoms with van der Waals surface area (Å²) in [5, 5.41) is 0. The molecule has 0 amide bonds. The number of carbonyl (C=O) groups is 1. The van der Waals surface area contributed by atoms with E-state index in [-0.39, 0.29) is 17.9 Å². The number of ether oxygens (including phenoxy) is 1. The predicted octanol–water partition coefficient (Wildman–Crippen LogP) is 1.14. The van der Waals surface area contributed by atoms with E-state index < -0.39 is 18.3 Å². The minimum atomic E-state index is -4.44. The quantitative estimate of drug-likeness (QED) is 0.466. The summed E-state index contributed by atoms with van der Waals surface area (Å²) in [6.45, 7) is -0.122. The number of carbonyl (C=O) groups excluding carboxylic acids is 1. The van der Waals surface area contributed by atoms with Crippen LogP contribution in [0.2, 0.25) is 0 Å². The number of hydrogen-bond donors (Lipinski definition) is 0. The first-order valence-corrected chi connectivity index (χ1v) is 3.88. The van der Waals surface area contributed by atoms with Crippen LogP contribution in [-0.2, 0) is 9.53 Å². The topological polar surface area (TPSA) is 29.5 Å². The Morgan fingerprint density at radius 2 is 2.15 bits per heavy atom. The first-order valence-electron chi connectivity index (χ1n) is 3.88. The number of likely N-dealkylation sites (tertiary alicyclic amines) is 1. The molecule has 1 aliphatic rings. The van der Waals surface area contributed by atoms with Crippen molar-refractivity contribution in [1.29, 1.82) is 0 Å². The lowest BCUT2D eigenvalue weighted by molar-refractivity contribution is -0.251. The third kappa shape index (κ3) is 2.12. The summed E-state index contributed by atoms with van der Waals surface area (Å²) < 4.78 is 41.0. The average Bonchev–Trinajstić information content (AvgIpc) is 2.49. The van der Waals surface area contributed by atoms with Gasteiger partial charge >= 0.3 is 12.3 Å². The van der Waals surface area contributed by atoms with Crippen molar-refractivity contribution in [2.45, 2.75) is 25.2 Å². The Hall–Kier alpha value is -0.780. The SMILES string of the molecule is COC(=O)C1CCCN1C(F)(F)F. The van der Waals surface area contributed by atoms with Gasteiger partial charge in [0.1, 0.15) is 6.04 Å². The van der Waals surface area contributed by atoms with Crippen LogP contribution in [0.4, 0.5) is 13.2 Å². The van der Waals surface area contributed by atoms with Crippen molar-refractivity contribution in [1.82, 2.24) is 4.90 Å². The molecular weight excluding hydrogens is 187 g/mol. The molecule has 6 heteroatoms. The molecule has 1 unspecified atom stereocenters. The molecule has 0 saturated carbocycles. The summed E-state index contributed by atoms with van der Waals surface area (Å²) in [6.07, 6.45) is -3.85. The lowest BCUT2D eigenvalue weighted by atomic mass is 10.2. The fourth-order valence-electron chi connectivity index (χ4n) is 1.45. The van der Waals surface area contributed by atoms with E-state index in [2.05, 4.69) is 4.74 Å². The largest absolute Gasteiger partial charge is 0.468 e. The van der Waals surface area contributed by atoms with Gasteiger partial charge in [-0.05, 0) is 12.8 Å². The first-order chi connectivity index (χ1) is 5.96. The van der Waals surface area contributed by atoms with E-state index in [0.29, 0.717) is 6.42 Å². The predicted molar refractivity (Wildman–Crippen MR) is 37.8 cm³/mol. The minimum Gasteiger partial charge on any atom is -0.468 e. The third-order valence-electron chi connectivity index (χ3n) is 2.05. The van der Waals surface area contributed by atoms with Gasteiger partial charge in [-0.3, -0.25) is 4.79 Å². The monoisotopic (exact) mass is 197 g/mol. The summed E-state index contributed by atoms with van der Waals surface area (Å²) >= 11 is 0. The Morgan fingerprint density at radius 3 is 2.62 bits per heavy atom. The van der Waals surface area contributed by atoms with Crippen LogP contribution < -0.4 is 0 Å². The van der Waals surface area contributed by atoms with Crippen LogP contribution in [0.3, 0.4) is 0 Å². The van der Waals surface area contributed by atoms with Gasteiger partial charge in [-0.15, -0.1) is 0 Å². The Balaban J connectivity index is 2.70. The summed E-state index contributed by atoms with van der Waals surface area (Å²) in [6, 6.07) is -1.15. The van der Waals surface area contributed by atoms with E-state index in [4.69, 9.17) is 0 Å². The third-order valence-corrected chi connectivity index (χ3v) is 2.05. The van der Waals surface area contributed by atoms with E-state index in [1.807, 2.05) is 0 Å². The second-order valence-electron chi connectivity index (χ2n) is 2.84. The average molecular weight is 197 g/mol. The second kappa shape index (κ2) is 3.53. The maximum absolute atomic E-state index is 12.2. The molecule has 1 heterocycles. The van der Waals surface area contributed by atoms with Crippen molar-refractivity contribution < 1.29 is 22.7 Å². The molecule has 0 radical (unpaired) electrons. The zero-order valence-electron chi connectivity index (χ0n) is 7.10. The highest BCUT2D eigenvalue weighted by molar-refractivity contribution is 5.76. The highest BCUT2D eigenvalue weighted by atomic mass is 19.4. The Bertz CT molecular complexity index is 204. The molecule has 1 aliphatic heterocycles. The van der Waals surface area contributed by atoms with Crippen molar-refractivity contribution in [2.24, 2.45) is 0 Å². The number of esters is 1. The molecule has 0 aromatic heterocycles. The van der Waals surface area contributed by atoms with Crippen LogP contribution in [0.25, 0.3) is 0 Å². The molecule has 0 aromatic rings. The van der Waals surface area contributed by atoms with Crippen LogP contribution in [-0.4, -0.2) is 36.9 Å². The maximum Gasteiger partial charge on any atom is 0.460 e. The van der Waals surface area contributed by atoms with Gasteiger partial charge in [-0.2, -0.15) is 13.2 Å². The molecule has 0 bridgehead atoms. The van der Waals surface area contributed by atoms with Gasteiger partial charge in [0.05, 0.1) is 7.11 Å². The zero-order chi connectivity index (χ0) is 10.1. The van der Waals surface area contributed by atoms with Gasteiger partial charge in [-0.25, -0.2) is 4.90 Å². The number of alkyl halides is 3. The number of methoxy groups -OCH3 is 1. The van der Waals surface area contributed by atoms with Gasteiger partial charge in [0.25, 0.3) is 0 Å². The summed E-state index contributed by atoms with van der Waals surface area (Å²) in [4.78, 5) is 11.1. The molecule has 3 nitrogen and oxygen atoms in total. The molecule has 1 atom stereocenters. The molecule has 0 aromatic carbocycles. The van der Waals surface area contributed by atoms with Crippen molar-refractivity contribution in [3.8, 4) is 0 Å². The minimum absolute atomic E-state index is 0.122. The van der Waals surface area contributed by atoms with Gasteiger partial charge in [0.2, 0.25) is 0 Å². The molecule has 1 fully saturated rings. The van der Waals surface area contributed by atoms with E-state index in [1.54, 1.807) is 0 Å². The van der Waals surface area contributed by atoms with Gasteiger partial charge < -0.3 is 4.74 Å². The van der Waals surface area contributed by atoms with E-state index >= 15 is 0 Å². The number of rotatable bonds is 1. The Labute approximate surface area is 73.5 Å². The summed E-state index contributed by atoms with van der Waals surface area (Å²) in [7, 11) is 1.09. The van der Waals surface area contributed by atoms with Crippen LogP contribution in [0.15, 0.2) is 0 Å². The molecule has 0 N–H and O–H groups in total. The number of hydrogen-bond acceptors (Lipinski definition) is 3. The van der Waals surface area contributed by atoms with Crippen LogP contribution in [0.1, 0.15) is 12.8 Å². The standard InChI is InChI=1S/C7H10F3NO2/c1-13-6(12)5-3-2-4-11(5)7(8,9)10/h5H,2-4H2,1H3. The van der Waals surface area contributed by atoms with Crippen molar-refractivity contribution in [3.05, 3.63) is 0 Å². The number of nitrogens with zero attached hydrogens (tertiary/aromatic N) is 1. The molecular formula is C7H10F3NO2. The van der Waals surface area contributed by atoms with Crippen LogP contribution in [0, 0.1) is 0 Å². The highest BCUT2D eigenvalue weighted by Crippen LogP contribution is 2.30. The number of halogens is 3. The second-order valence-corrected chi connectivity index (χ2v) is 2.84.